The van der Waals surface area contributed by atoms with Crippen LogP contribution in [0.5, 0.6) is 0 Å². The summed E-state index contributed by atoms with van der Waals surface area (Å²) in [5.41, 5.74) is 5.43. The summed E-state index contributed by atoms with van der Waals surface area (Å²) < 4.78 is 0. The van der Waals surface area contributed by atoms with E-state index in [1.807, 2.05) is 0 Å². The van der Waals surface area contributed by atoms with E-state index in [9.17, 15) is 0 Å². The molecule has 0 aliphatic carbocycles. The SMILES string of the molecule is C(CCN1CCN(c2ccccc2)CC1)=C(c1ccsc1)c1ccsc1. The highest BCUT2D eigenvalue weighted by Crippen LogP contribution is 2.27. The second-order valence-electron chi connectivity index (χ2n) is 6.59. The molecule has 0 saturated carbocycles. The first-order chi connectivity index (χ1) is 12.9. The van der Waals surface area contributed by atoms with Crippen LogP contribution in [-0.4, -0.2) is 37.6 Å². The Labute approximate surface area is 164 Å². The molecule has 4 rings (SSSR count). The maximum atomic E-state index is 2.59. The molecule has 3 aromatic rings. The lowest BCUT2D eigenvalue weighted by Crippen LogP contribution is -2.46. The Morgan fingerprint density at radius 2 is 1.50 bits per heavy atom. The molecule has 2 nitrogen and oxygen atoms in total. The van der Waals surface area contributed by atoms with Crippen LogP contribution in [0, 0.1) is 0 Å². The number of nitrogens with zero attached hydrogens (tertiary/aromatic N) is 2. The summed E-state index contributed by atoms with van der Waals surface area (Å²) in [6.07, 6.45) is 3.53. The lowest BCUT2D eigenvalue weighted by atomic mass is 10.0. The summed E-state index contributed by atoms with van der Waals surface area (Å²) in [7, 11) is 0. The van der Waals surface area contributed by atoms with Crippen LogP contribution in [0.4, 0.5) is 5.69 Å². The molecule has 0 N–H and O–H groups in total. The highest BCUT2D eigenvalue weighted by Gasteiger charge is 2.16. The molecule has 3 heterocycles. The summed E-state index contributed by atoms with van der Waals surface area (Å²) in [4.78, 5) is 5.09. The molecule has 1 saturated heterocycles. The van der Waals surface area contributed by atoms with Gasteiger partial charge in [0, 0.05) is 38.4 Å². The normalized spacial score (nSPS) is 15.2. The van der Waals surface area contributed by atoms with Crippen molar-refractivity contribution in [3.05, 3.63) is 81.2 Å². The molecule has 4 heteroatoms. The van der Waals surface area contributed by atoms with Gasteiger partial charge >= 0.3 is 0 Å². The van der Waals surface area contributed by atoms with E-state index in [0.717, 1.165) is 39.1 Å². The minimum absolute atomic E-state index is 1.10. The fraction of sp³-hybridized carbons (Fsp3) is 0.273. The third-order valence-corrected chi connectivity index (χ3v) is 6.32. The van der Waals surface area contributed by atoms with Crippen LogP contribution in [0.2, 0.25) is 0 Å². The monoisotopic (exact) mass is 380 g/mol. The van der Waals surface area contributed by atoms with Gasteiger partial charge in [-0.25, -0.2) is 0 Å². The minimum atomic E-state index is 1.10. The molecule has 134 valence electrons. The van der Waals surface area contributed by atoms with Crippen molar-refractivity contribution in [3.8, 4) is 0 Å². The van der Waals surface area contributed by atoms with Gasteiger partial charge in [-0.15, -0.1) is 0 Å². The fourth-order valence-corrected chi connectivity index (χ4v) is 4.81. The highest BCUT2D eigenvalue weighted by molar-refractivity contribution is 7.08. The first kappa shape index (κ1) is 17.5. The van der Waals surface area contributed by atoms with Crippen molar-refractivity contribution in [2.45, 2.75) is 6.42 Å². The summed E-state index contributed by atoms with van der Waals surface area (Å²) in [6.45, 7) is 5.68. The molecule has 0 radical (unpaired) electrons. The molecule has 1 aromatic carbocycles. The summed E-state index contributed by atoms with van der Waals surface area (Å²) in [6, 6.07) is 15.2. The third-order valence-electron chi connectivity index (χ3n) is 4.95. The predicted molar refractivity (Wildman–Crippen MR) is 115 cm³/mol. The maximum absolute atomic E-state index is 2.59. The van der Waals surface area contributed by atoms with Crippen LogP contribution in [0.15, 0.2) is 70.1 Å². The van der Waals surface area contributed by atoms with Crippen LogP contribution in [0.3, 0.4) is 0 Å². The molecule has 0 bridgehead atoms. The van der Waals surface area contributed by atoms with Gasteiger partial charge in [0.05, 0.1) is 0 Å². The van der Waals surface area contributed by atoms with E-state index in [1.54, 1.807) is 22.7 Å². The number of hydrogen-bond donors (Lipinski definition) is 0. The lowest BCUT2D eigenvalue weighted by molar-refractivity contribution is 0.262. The average Bonchev–Trinajstić information content (AvgIpc) is 3.41. The molecule has 0 amide bonds. The smallest absolute Gasteiger partial charge is 0.0367 e. The van der Waals surface area contributed by atoms with Crippen molar-refractivity contribution in [2.24, 2.45) is 0 Å². The molecule has 1 aliphatic rings. The van der Waals surface area contributed by atoms with Crippen LogP contribution >= 0.6 is 22.7 Å². The van der Waals surface area contributed by atoms with Gasteiger partial charge in [0.2, 0.25) is 0 Å². The Kier molecular flexibility index (Phi) is 5.85. The number of thiophene rings is 2. The number of benzene rings is 1. The predicted octanol–water partition coefficient (Wildman–Crippen LogP) is 5.45. The Morgan fingerprint density at radius 3 is 2.08 bits per heavy atom. The Balaban J connectivity index is 1.33. The van der Waals surface area contributed by atoms with Gasteiger partial charge in [-0.2, -0.15) is 22.7 Å². The van der Waals surface area contributed by atoms with E-state index >= 15 is 0 Å². The zero-order valence-electron chi connectivity index (χ0n) is 14.9. The van der Waals surface area contributed by atoms with Gasteiger partial charge < -0.3 is 4.90 Å². The molecule has 1 aliphatic heterocycles. The molecule has 0 atom stereocenters. The van der Waals surface area contributed by atoms with E-state index in [-0.39, 0.29) is 0 Å². The van der Waals surface area contributed by atoms with E-state index in [4.69, 9.17) is 0 Å². The summed E-state index contributed by atoms with van der Waals surface area (Å²) >= 11 is 3.54. The molecule has 2 aromatic heterocycles. The highest BCUT2D eigenvalue weighted by atomic mass is 32.1. The van der Waals surface area contributed by atoms with E-state index in [0.29, 0.717) is 0 Å². The number of piperazine rings is 1. The van der Waals surface area contributed by atoms with Gasteiger partial charge in [0.15, 0.2) is 0 Å². The second-order valence-corrected chi connectivity index (χ2v) is 8.15. The number of para-hydroxylation sites is 1. The average molecular weight is 381 g/mol. The summed E-state index contributed by atoms with van der Waals surface area (Å²) in [5.74, 6) is 0. The van der Waals surface area contributed by atoms with Crippen LogP contribution in [0.1, 0.15) is 17.5 Å². The van der Waals surface area contributed by atoms with Crippen molar-refractivity contribution in [2.75, 3.05) is 37.6 Å². The summed E-state index contributed by atoms with van der Waals surface area (Å²) in [5, 5.41) is 8.83. The van der Waals surface area contributed by atoms with Gasteiger partial charge in [0.1, 0.15) is 0 Å². The quantitative estimate of drug-likeness (QED) is 0.561. The van der Waals surface area contributed by atoms with Crippen molar-refractivity contribution in [1.29, 1.82) is 0 Å². The molecule has 0 spiro atoms. The molecular formula is C22H24N2S2. The van der Waals surface area contributed by atoms with Crippen molar-refractivity contribution in [3.63, 3.8) is 0 Å². The molecular weight excluding hydrogens is 356 g/mol. The Hall–Kier alpha value is -1.88. The van der Waals surface area contributed by atoms with E-state index in [2.05, 4.69) is 79.9 Å². The van der Waals surface area contributed by atoms with Crippen LogP contribution in [-0.2, 0) is 0 Å². The second kappa shape index (κ2) is 8.67. The van der Waals surface area contributed by atoms with E-state index < -0.39 is 0 Å². The third kappa shape index (κ3) is 4.26. The zero-order valence-corrected chi connectivity index (χ0v) is 16.5. The van der Waals surface area contributed by atoms with Gasteiger partial charge in [-0.3, -0.25) is 4.90 Å². The first-order valence-electron chi connectivity index (χ1n) is 9.18. The van der Waals surface area contributed by atoms with E-state index in [1.165, 1.54) is 22.4 Å². The molecule has 1 fully saturated rings. The van der Waals surface area contributed by atoms with Crippen molar-refractivity contribution < 1.29 is 0 Å². The number of rotatable bonds is 6. The van der Waals surface area contributed by atoms with Gasteiger partial charge in [-0.1, -0.05) is 24.3 Å². The van der Waals surface area contributed by atoms with Crippen LogP contribution in [0.25, 0.3) is 5.57 Å². The van der Waals surface area contributed by atoms with Gasteiger partial charge in [-0.05, 0) is 68.9 Å². The first-order valence-corrected chi connectivity index (χ1v) is 11.1. The molecule has 26 heavy (non-hydrogen) atoms. The fourth-order valence-electron chi connectivity index (χ4n) is 3.50. The van der Waals surface area contributed by atoms with Gasteiger partial charge in [0.25, 0.3) is 0 Å². The minimum Gasteiger partial charge on any atom is -0.369 e. The Bertz CT molecular complexity index is 763. The van der Waals surface area contributed by atoms with Crippen molar-refractivity contribution in [1.82, 2.24) is 4.90 Å². The molecule has 0 unspecified atom stereocenters. The Morgan fingerprint density at radius 1 is 0.846 bits per heavy atom. The maximum Gasteiger partial charge on any atom is 0.0367 e. The zero-order chi connectivity index (χ0) is 17.6. The standard InChI is InChI=1S/C22H24N2S2/c1-2-5-21(6-3-1)24-13-11-23(12-14-24)10-4-7-22(19-8-15-25-17-19)20-9-16-26-18-20/h1-3,5-9,15-18H,4,10-14H2. The van der Waals surface area contributed by atoms with Crippen LogP contribution < -0.4 is 4.90 Å². The largest absolute Gasteiger partial charge is 0.369 e. The number of hydrogen-bond acceptors (Lipinski definition) is 4. The van der Waals surface area contributed by atoms with Crippen molar-refractivity contribution >= 4 is 33.9 Å². The number of anilines is 1. The topological polar surface area (TPSA) is 6.48 Å². The lowest BCUT2D eigenvalue weighted by Gasteiger charge is -2.36.